The number of rotatable bonds is 77. The number of phosphoric ester groups is 1. The van der Waals surface area contributed by atoms with E-state index >= 15 is 0 Å². The van der Waals surface area contributed by atoms with Gasteiger partial charge in [0.1, 0.15) is 13.2 Å². The zero-order chi connectivity index (χ0) is 64.8. The summed E-state index contributed by atoms with van der Waals surface area (Å²) < 4.78 is 24.0. The molecule has 532 valence electrons. The second kappa shape index (κ2) is 71.5. The van der Waals surface area contributed by atoms with Gasteiger partial charge in [0.25, 0.3) is 0 Å². The summed E-state index contributed by atoms with van der Waals surface area (Å²) in [6.45, 7) is 4.97. The summed E-state index contributed by atoms with van der Waals surface area (Å²) in [6, 6.07) is -0.759. The summed E-state index contributed by atoms with van der Waals surface area (Å²) in [5.41, 5.74) is 0. The number of carbonyl (C=O) groups excluding carboxylic acids is 1. The van der Waals surface area contributed by atoms with Gasteiger partial charge in [0, 0.05) is 6.42 Å². The molecule has 3 N–H and O–H groups in total. The number of hydrogen-bond donors (Lipinski definition) is 3. The molecular weight excluding hydrogens is 1120 g/mol. The maximum Gasteiger partial charge on any atom is 0.472 e. The molecular formula is C80H162N2O6P+. The Kier molecular flexibility index (Phi) is 70.9. The lowest BCUT2D eigenvalue weighted by Crippen LogP contribution is -2.46. The number of likely N-dealkylation sites (N-methyl/N-ethyl adjacent to an activating group) is 1. The fourth-order valence-corrected chi connectivity index (χ4v) is 13.7. The molecule has 0 bridgehead atoms. The van der Waals surface area contributed by atoms with Gasteiger partial charge in [-0.05, 0) is 38.5 Å². The number of nitrogens with zero attached hydrogens (tertiary/aromatic N) is 1. The van der Waals surface area contributed by atoms with Gasteiger partial charge in [0.2, 0.25) is 5.91 Å². The average Bonchev–Trinajstić information content (AvgIpc) is 3.55. The summed E-state index contributed by atoms with van der Waals surface area (Å²) in [5.74, 6) is -0.132. The number of quaternary nitrogens is 1. The van der Waals surface area contributed by atoms with Gasteiger partial charge in [0.05, 0.1) is 39.9 Å². The molecule has 0 aliphatic carbocycles. The van der Waals surface area contributed by atoms with Crippen LogP contribution in [0.2, 0.25) is 0 Å². The predicted octanol–water partition coefficient (Wildman–Crippen LogP) is 26.4. The smallest absolute Gasteiger partial charge is 0.391 e. The number of aliphatic hydroxyl groups is 1. The number of aliphatic hydroxyl groups excluding tert-OH is 1. The van der Waals surface area contributed by atoms with Gasteiger partial charge in [0.15, 0.2) is 0 Å². The van der Waals surface area contributed by atoms with Crippen LogP contribution in [-0.4, -0.2) is 73.4 Å². The van der Waals surface area contributed by atoms with Crippen molar-refractivity contribution in [2.45, 2.75) is 456 Å². The number of allylic oxidation sites excluding steroid dienone is 2. The average molecular weight is 1280 g/mol. The number of unbranched alkanes of at least 4 members (excludes halogenated alkanes) is 62. The number of phosphoric acid groups is 1. The molecule has 0 heterocycles. The summed E-state index contributed by atoms with van der Waals surface area (Å²) in [4.78, 5) is 23.5. The van der Waals surface area contributed by atoms with Crippen LogP contribution in [0.15, 0.2) is 12.2 Å². The molecule has 0 aliphatic rings. The molecule has 8 nitrogen and oxygen atoms in total. The predicted molar refractivity (Wildman–Crippen MR) is 392 cm³/mol. The van der Waals surface area contributed by atoms with Crippen LogP contribution in [0.5, 0.6) is 0 Å². The Labute approximate surface area is 558 Å². The van der Waals surface area contributed by atoms with Crippen LogP contribution in [0.25, 0.3) is 0 Å². The van der Waals surface area contributed by atoms with E-state index < -0.39 is 20.0 Å². The highest BCUT2D eigenvalue weighted by Crippen LogP contribution is 2.43. The molecule has 0 aliphatic heterocycles. The molecule has 0 saturated carbocycles. The van der Waals surface area contributed by atoms with Crippen LogP contribution in [0, 0.1) is 0 Å². The SMILES string of the molecule is CCCCCCCCCC/C=C\CCCCCCCCCCCCCCCCCCCCCCCCCCCCCC(=O)NC(COP(=O)(O)OCC[N+](C)(C)C)C(O)CCCCCCCCCCCCCCCCCCCCCCCCCCCCCC. The number of nitrogens with one attached hydrogen (secondary N) is 1. The molecule has 0 radical (unpaired) electrons. The number of amides is 1. The molecule has 1 amide bonds. The molecule has 0 fully saturated rings. The minimum Gasteiger partial charge on any atom is -0.391 e. The first-order valence-electron chi connectivity index (χ1n) is 40.6. The summed E-state index contributed by atoms with van der Waals surface area (Å²) in [6.07, 6.45) is 93.7. The number of hydrogen-bond acceptors (Lipinski definition) is 5. The van der Waals surface area contributed by atoms with Gasteiger partial charge in [-0.25, -0.2) is 4.57 Å². The van der Waals surface area contributed by atoms with Crippen molar-refractivity contribution >= 4 is 13.7 Å². The van der Waals surface area contributed by atoms with E-state index in [4.69, 9.17) is 9.05 Å². The Morgan fingerprint density at radius 1 is 0.371 bits per heavy atom. The molecule has 9 heteroatoms. The zero-order valence-electron chi connectivity index (χ0n) is 61.2. The van der Waals surface area contributed by atoms with E-state index in [0.29, 0.717) is 23.9 Å². The van der Waals surface area contributed by atoms with Gasteiger partial charge in [-0.3, -0.25) is 13.8 Å². The van der Waals surface area contributed by atoms with Crippen molar-refractivity contribution in [3.05, 3.63) is 12.2 Å². The van der Waals surface area contributed by atoms with Crippen LogP contribution in [0.1, 0.15) is 444 Å². The Bertz CT molecular complexity index is 1460. The largest absolute Gasteiger partial charge is 0.472 e. The minimum absolute atomic E-state index is 0.0790. The van der Waals surface area contributed by atoms with E-state index in [2.05, 4.69) is 31.3 Å². The molecule has 3 atom stereocenters. The lowest BCUT2D eigenvalue weighted by atomic mass is 10.0. The van der Waals surface area contributed by atoms with Crippen molar-refractivity contribution in [2.24, 2.45) is 0 Å². The topological polar surface area (TPSA) is 105 Å². The van der Waals surface area contributed by atoms with Crippen molar-refractivity contribution < 1.29 is 32.9 Å². The summed E-state index contributed by atoms with van der Waals surface area (Å²) in [5, 5.41) is 14.2. The first-order chi connectivity index (χ1) is 43.5. The van der Waals surface area contributed by atoms with E-state index in [1.54, 1.807) is 0 Å². The van der Waals surface area contributed by atoms with Crippen LogP contribution >= 0.6 is 7.82 Å². The normalized spacial score (nSPS) is 13.5. The molecule has 89 heavy (non-hydrogen) atoms. The first-order valence-corrected chi connectivity index (χ1v) is 42.0. The quantitative estimate of drug-likeness (QED) is 0.0243. The van der Waals surface area contributed by atoms with E-state index in [1.807, 2.05) is 21.1 Å². The molecule has 0 saturated heterocycles. The van der Waals surface area contributed by atoms with Crippen LogP contribution in [0.3, 0.4) is 0 Å². The van der Waals surface area contributed by atoms with Crippen LogP contribution in [0.4, 0.5) is 0 Å². The monoisotopic (exact) mass is 1280 g/mol. The van der Waals surface area contributed by atoms with Gasteiger partial charge in [-0.2, -0.15) is 0 Å². The third-order valence-corrected chi connectivity index (χ3v) is 20.2. The summed E-state index contributed by atoms with van der Waals surface area (Å²) >= 11 is 0. The summed E-state index contributed by atoms with van der Waals surface area (Å²) in [7, 11) is 1.64. The van der Waals surface area contributed by atoms with Crippen molar-refractivity contribution in [3.8, 4) is 0 Å². The van der Waals surface area contributed by atoms with Crippen molar-refractivity contribution in [3.63, 3.8) is 0 Å². The Hall–Kier alpha value is -0.760. The van der Waals surface area contributed by atoms with E-state index in [-0.39, 0.29) is 19.1 Å². The third kappa shape index (κ3) is 74.5. The second-order valence-corrected chi connectivity index (χ2v) is 31.0. The Balaban J connectivity index is 3.87. The van der Waals surface area contributed by atoms with Crippen molar-refractivity contribution in [1.82, 2.24) is 5.32 Å². The molecule has 0 spiro atoms. The van der Waals surface area contributed by atoms with E-state index in [0.717, 1.165) is 38.5 Å². The lowest BCUT2D eigenvalue weighted by Gasteiger charge is -2.26. The zero-order valence-corrected chi connectivity index (χ0v) is 62.1. The number of carbonyl (C=O) groups is 1. The highest BCUT2D eigenvalue weighted by atomic mass is 31.2. The first kappa shape index (κ1) is 88.2. The third-order valence-electron chi connectivity index (χ3n) is 19.3. The van der Waals surface area contributed by atoms with Gasteiger partial charge < -0.3 is 19.8 Å². The maximum atomic E-state index is 13.1. The fraction of sp³-hybridized carbons (Fsp3) is 0.963. The molecule has 0 aromatic heterocycles. The molecule has 3 unspecified atom stereocenters. The van der Waals surface area contributed by atoms with Gasteiger partial charge >= 0.3 is 7.82 Å². The highest BCUT2D eigenvalue weighted by Gasteiger charge is 2.28. The van der Waals surface area contributed by atoms with Crippen molar-refractivity contribution in [1.29, 1.82) is 0 Å². The molecule has 0 aromatic carbocycles. The van der Waals surface area contributed by atoms with E-state index in [1.165, 1.54) is 379 Å². The van der Waals surface area contributed by atoms with Gasteiger partial charge in [-0.15, -0.1) is 0 Å². The molecule has 0 rings (SSSR count). The highest BCUT2D eigenvalue weighted by molar-refractivity contribution is 7.47. The van der Waals surface area contributed by atoms with Crippen molar-refractivity contribution in [2.75, 3.05) is 40.9 Å². The Morgan fingerprint density at radius 3 is 0.865 bits per heavy atom. The lowest BCUT2D eigenvalue weighted by molar-refractivity contribution is -0.870. The second-order valence-electron chi connectivity index (χ2n) is 29.5. The van der Waals surface area contributed by atoms with E-state index in [9.17, 15) is 19.4 Å². The van der Waals surface area contributed by atoms with Gasteiger partial charge in [-0.1, -0.05) is 411 Å². The maximum absolute atomic E-state index is 13.1. The van der Waals surface area contributed by atoms with Crippen LogP contribution in [-0.2, 0) is 18.4 Å². The fourth-order valence-electron chi connectivity index (χ4n) is 13.0. The minimum atomic E-state index is -4.33. The van der Waals surface area contributed by atoms with Crippen LogP contribution < -0.4 is 5.32 Å². The standard InChI is InChI=1S/C80H161N2O6P/c1-6-8-10-12-14-16-18-20-22-24-26-28-30-32-34-36-37-38-39-40-41-42-43-44-45-46-48-50-52-54-56-58-60-62-64-66-68-70-72-74-80(84)81-78(77-88-89(85,86)87-76-75-82(3,4)5)79(83)73-71-69-67-65-63-61-59-57-55-53-51-49-47-35-33-31-29-27-25-23-21-19-17-15-13-11-9-7-2/h24,26,78-79,83H,6-23,25,27-77H2,1-5H3,(H-,81,84,85,86)/p+1/b26-24-. The molecule has 0 aromatic rings. The Morgan fingerprint density at radius 2 is 0.607 bits per heavy atom.